The van der Waals surface area contributed by atoms with Crippen molar-refractivity contribution in [1.29, 1.82) is 0 Å². The maximum absolute atomic E-state index is 11.7. The number of rotatable bonds is 4. The first-order valence-corrected chi connectivity index (χ1v) is 7.78. The molecule has 0 bridgehead atoms. The van der Waals surface area contributed by atoms with E-state index >= 15 is 0 Å². The molecule has 0 radical (unpaired) electrons. The van der Waals surface area contributed by atoms with Gasteiger partial charge in [-0.3, -0.25) is 4.79 Å². The van der Waals surface area contributed by atoms with Gasteiger partial charge >= 0.3 is 0 Å². The highest BCUT2D eigenvalue weighted by atomic mass is 32.2. The van der Waals surface area contributed by atoms with Crippen LogP contribution in [0, 0.1) is 0 Å². The molecule has 0 unspecified atom stereocenters. The molecule has 4 nitrogen and oxygen atoms in total. The maximum atomic E-state index is 11.7. The van der Waals surface area contributed by atoms with Crippen molar-refractivity contribution in [2.45, 2.75) is 63.5 Å². The highest BCUT2D eigenvalue weighted by Gasteiger charge is 2.29. The Bertz CT molecular complexity index is 357. The van der Waals surface area contributed by atoms with Crippen molar-refractivity contribution in [3.05, 3.63) is 0 Å². The van der Waals surface area contributed by atoms with E-state index in [0.29, 0.717) is 5.17 Å². The number of nitrogens with one attached hydrogen (secondary N) is 1. The Balaban J connectivity index is 1.88. The van der Waals surface area contributed by atoms with Gasteiger partial charge in [-0.05, 0) is 32.1 Å². The van der Waals surface area contributed by atoms with Gasteiger partial charge < -0.3 is 5.32 Å². The lowest BCUT2D eigenvalue weighted by Crippen LogP contribution is -2.24. The molecule has 5 heteroatoms. The molecule has 0 aromatic heterocycles. The molecular formula is C13H21N3OS. The first-order valence-electron chi connectivity index (χ1n) is 6.90. The third-order valence-electron chi connectivity index (χ3n) is 3.31. The third-order valence-corrected chi connectivity index (χ3v) is 4.45. The van der Waals surface area contributed by atoms with Gasteiger partial charge in [-0.15, -0.1) is 5.10 Å². The summed E-state index contributed by atoms with van der Waals surface area (Å²) >= 11 is 1.53. The fourth-order valence-electron chi connectivity index (χ4n) is 2.21. The van der Waals surface area contributed by atoms with Gasteiger partial charge in [-0.2, -0.15) is 5.10 Å². The van der Waals surface area contributed by atoms with E-state index in [2.05, 4.69) is 22.4 Å². The molecule has 2 fully saturated rings. The molecule has 2 aliphatic rings. The molecule has 0 aromatic carbocycles. The van der Waals surface area contributed by atoms with Gasteiger partial charge in [-0.25, -0.2) is 0 Å². The van der Waals surface area contributed by atoms with Crippen molar-refractivity contribution >= 4 is 28.5 Å². The van der Waals surface area contributed by atoms with Crippen LogP contribution >= 0.6 is 11.8 Å². The number of carbonyl (C=O) groups is 1. The van der Waals surface area contributed by atoms with Gasteiger partial charge in [0.05, 0.1) is 5.25 Å². The van der Waals surface area contributed by atoms with Crippen LogP contribution in [0.25, 0.3) is 0 Å². The number of hydrogen-bond donors (Lipinski definition) is 1. The normalized spacial score (nSPS) is 26.5. The SMILES string of the molecule is CCCC[C@@H]1S/C(=N\N=C2CCCCC2)NC1=O. The van der Waals surface area contributed by atoms with Crippen LogP contribution in [-0.4, -0.2) is 22.0 Å². The van der Waals surface area contributed by atoms with Crippen LogP contribution < -0.4 is 5.32 Å². The molecule has 18 heavy (non-hydrogen) atoms. The largest absolute Gasteiger partial charge is 0.303 e. The molecule has 1 heterocycles. The number of unbranched alkanes of at least 4 members (excludes halogenated alkanes) is 1. The van der Waals surface area contributed by atoms with Gasteiger partial charge in [-0.1, -0.05) is 37.9 Å². The lowest BCUT2D eigenvalue weighted by molar-refractivity contribution is -0.118. The first kappa shape index (κ1) is 13.6. The number of amidine groups is 1. The minimum atomic E-state index is 0.0373. The second-order valence-electron chi connectivity index (χ2n) is 4.87. The molecule has 1 saturated carbocycles. The maximum Gasteiger partial charge on any atom is 0.239 e. The standard InChI is InChI=1S/C13H21N3OS/c1-2-3-9-11-12(17)14-13(18-11)16-15-10-7-5-4-6-8-10/h11H,2-9H2,1H3,(H,14,16,17)/t11-/m0/s1. The molecule has 0 spiro atoms. The summed E-state index contributed by atoms with van der Waals surface area (Å²) in [6.45, 7) is 2.14. The van der Waals surface area contributed by atoms with Crippen LogP contribution in [0.3, 0.4) is 0 Å². The number of carbonyl (C=O) groups excluding carboxylic acids is 1. The Morgan fingerprint density at radius 3 is 2.78 bits per heavy atom. The van der Waals surface area contributed by atoms with E-state index in [1.807, 2.05) is 0 Å². The van der Waals surface area contributed by atoms with Crippen molar-refractivity contribution in [2.24, 2.45) is 10.2 Å². The van der Waals surface area contributed by atoms with E-state index < -0.39 is 0 Å². The van der Waals surface area contributed by atoms with E-state index in [-0.39, 0.29) is 11.2 Å². The van der Waals surface area contributed by atoms with Crippen LogP contribution in [0.5, 0.6) is 0 Å². The summed E-state index contributed by atoms with van der Waals surface area (Å²) < 4.78 is 0. The summed E-state index contributed by atoms with van der Waals surface area (Å²) in [6.07, 6.45) is 9.03. The number of amides is 1. The molecule has 1 N–H and O–H groups in total. The minimum absolute atomic E-state index is 0.0373. The number of thioether (sulfide) groups is 1. The van der Waals surface area contributed by atoms with Crippen LogP contribution in [0.2, 0.25) is 0 Å². The Hall–Kier alpha value is -0.840. The topological polar surface area (TPSA) is 53.8 Å². The molecule has 1 aliphatic heterocycles. The zero-order chi connectivity index (χ0) is 12.8. The Labute approximate surface area is 113 Å². The average Bonchev–Trinajstić information content (AvgIpc) is 2.76. The summed E-state index contributed by atoms with van der Waals surface area (Å²) in [5.74, 6) is 0.0936. The van der Waals surface area contributed by atoms with Gasteiger partial charge in [0.15, 0.2) is 5.17 Å². The van der Waals surface area contributed by atoms with Gasteiger partial charge in [0.1, 0.15) is 0 Å². The lowest BCUT2D eigenvalue weighted by Gasteiger charge is -2.10. The van der Waals surface area contributed by atoms with E-state index in [1.54, 1.807) is 0 Å². The van der Waals surface area contributed by atoms with Crippen molar-refractivity contribution in [3.8, 4) is 0 Å². The smallest absolute Gasteiger partial charge is 0.239 e. The highest BCUT2D eigenvalue weighted by Crippen LogP contribution is 2.24. The van der Waals surface area contributed by atoms with E-state index in [0.717, 1.165) is 32.1 Å². The summed E-state index contributed by atoms with van der Waals surface area (Å²) in [5, 5.41) is 12.0. The molecular weight excluding hydrogens is 246 g/mol. The second kappa shape index (κ2) is 6.92. The zero-order valence-corrected chi connectivity index (χ0v) is 11.8. The molecule has 100 valence electrons. The molecule has 1 atom stereocenters. The number of hydrogen-bond acceptors (Lipinski definition) is 4. The third kappa shape index (κ3) is 3.83. The summed E-state index contributed by atoms with van der Waals surface area (Å²) in [7, 11) is 0. The average molecular weight is 267 g/mol. The zero-order valence-electron chi connectivity index (χ0n) is 10.9. The fraction of sp³-hybridized carbons (Fsp3) is 0.769. The molecule has 1 amide bonds. The molecule has 2 rings (SSSR count). The Morgan fingerprint density at radius 2 is 2.06 bits per heavy atom. The van der Waals surface area contributed by atoms with Crippen molar-refractivity contribution in [2.75, 3.05) is 0 Å². The van der Waals surface area contributed by atoms with Crippen LogP contribution in [0.1, 0.15) is 58.3 Å². The number of nitrogens with zero attached hydrogens (tertiary/aromatic N) is 2. The van der Waals surface area contributed by atoms with E-state index in [1.165, 1.54) is 36.7 Å². The van der Waals surface area contributed by atoms with Crippen LogP contribution in [-0.2, 0) is 4.79 Å². The van der Waals surface area contributed by atoms with Gasteiger partial charge in [0.2, 0.25) is 5.91 Å². The predicted octanol–water partition coefficient (Wildman–Crippen LogP) is 3.08. The van der Waals surface area contributed by atoms with E-state index in [9.17, 15) is 4.79 Å². The Morgan fingerprint density at radius 1 is 1.28 bits per heavy atom. The highest BCUT2D eigenvalue weighted by molar-refractivity contribution is 8.15. The molecule has 1 aliphatic carbocycles. The quantitative estimate of drug-likeness (QED) is 0.796. The van der Waals surface area contributed by atoms with Crippen molar-refractivity contribution < 1.29 is 4.79 Å². The van der Waals surface area contributed by atoms with Crippen LogP contribution in [0.4, 0.5) is 0 Å². The first-order chi connectivity index (χ1) is 8.79. The summed E-state index contributed by atoms with van der Waals surface area (Å²) in [4.78, 5) is 11.7. The molecule has 0 aromatic rings. The van der Waals surface area contributed by atoms with E-state index in [4.69, 9.17) is 0 Å². The fourth-order valence-corrected chi connectivity index (χ4v) is 3.18. The summed E-state index contributed by atoms with van der Waals surface area (Å²) in [5.41, 5.74) is 1.18. The Kier molecular flexibility index (Phi) is 5.23. The van der Waals surface area contributed by atoms with Crippen LogP contribution in [0.15, 0.2) is 10.2 Å². The lowest BCUT2D eigenvalue weighted by atomic mass is 9.99. The summed E-state index contributed by atoms with van der Waals surface area (Å²) in [6, 6.07) is 0. The van der Waals surface area contributed by atoms with Gasteiger partial charge in [0, 0.05) is 5.71 Å². The molecule has 1 saturated heterocycles. The van der Waals surface area contributed by atoms with Crippen molar-refractivity contribution in [1.82, 2.24) is 5.32 Å². The van der Waals surface area contributed by atoms with Gasteiger partial charge in [0.25, 0.3) is 0 Å². The monoisotopic (exact) mass is 267 g/mol. The predicted molar refractivity (Wildman–Crippen MR) is 77.0 cm³/mol. The minimum Gasteiger partial charge on any atom is -0.303 e. The van der Waals surface area contributed by atoms with Crippen molar-refractivity contribution in [3.63, 3.8) is 0 Å². The second-order valence-corrected chi connectivity index (χ2v) is 6.06.